The summed E-state index contributed by atoms with van der Waals surface area (Å²) in [5.74, 6) is -0.475. The van der Waals surface area contributed by atoms with Gasteiger partial charge in [-0.3, -0.25) is 9.63 Å². The molecular formula is C14H25N3O5. The van der Waals surface area contributed by atoms with Crippen molar-refractivity contribution >= 4 is 5.91 Å². The van der Waals surface area contributed by atoms with Crippen LogP contribution >= 0.6 is 0 Å². The van der Waals surface area contributed by atoms with Gasteiger partial charge < -0.3 is 25.2 Å². The number of carbonyl (C=O) groups excluding carboxylic acids is 1. The maximum absolute atomic E-state index is 12.6. The highest BCUT2D eigenvalue weighted by Crippen LogP contribution is 2.24. The van der Waals surface area contributed by atoms with Crippen molar-refractivity contribution in [3.63, 3.8) is 0 Å². The van der Waals surface area contributed by atoms with Crippen molar-refractivity contribution in [1.29, 1.82) is 0 Å². The SMILES string of the molecule is C=CN[C@@H]1O[C@H](C(=O)N(OC)C2CCN(C)CC2)[C@@H](O)[C@H]1O. The fourth-order valence-electron chi connectivity index (χ4n) is 2.91. The van der Waals surface area contributed by atoms with Crippen LogP contribution in [0.25, 0.3) is 0 Å². The van der Waals surface area contributed by atoms with Gasteiger partial charge in [-0.15, -0.1) is 0 Å². The number of aliphatic hydroxyl groups excluding tert-OH is 2. The van der Waals surface area contributed by atoms with Crippen molar-refractivity contribution in [2.75, 3.05) is 27.2 Å². The van der Waals surface area contributed by atoms with Crippen LogP contribution in [0.3, 0.4) is 0 Å². The molecule has 0 unspecified atom stereocenters. The number of ether oxygens (including phenoxy) is 1. The van der Waals surface area contributed by atoms with Crippen LogP contribution in [0.1, 0.15) is 12.8 Å². The monoisotopic (exact) mass is 315 g/mol. The lowest BCUT2D eigenvalue weighted by molar-refractivity contribution is -0.205. The van der Waals surface area contributed by atoms with E-state index in [0.717, 1.165) is 25.9 Å². The zero-order valence-corrected chi connectivity index (χ0v) is 13.0. The number of hydrogen-bond donors (Lipinski definition) is 3. The van der Waals surface area contributed by atoms with Crippen molar-refractivity contribution in [3.05, 3.63) is 12.8 Å². The van der Waals surface area contributed by atoms with E-state index < -0.39 is 30.4 Å². The summed E-state index contributed by atoms with van der Waals surface area (Å²) in [6.45, 7) is 5.22. The summed E-state index contributed by atoms with van der Waals surface area (Å²) in [5, 5.41) is 23.9. The van der Waals surface area contributed by atoms with Crippen LogP contribution in [-0.4, -0.2) is 83.9 Å². The van der Waals surface area contributed by atoms with Crippen molar-refractivity contribution in [2.45, 2.75) is 43.4 Å². The van der Waals surface area contributed by atoms with Gasteiger partial charge in [-0.05, 0) is 39.2 Å². The largest absolute Gasteiger partial charge is 0.387 e. The van der Waals surface area contributed by atoms with E-state index in [1.165, 1.54) is 18.4 Å². The second kappa shape index (κ2) is 7.38. The molecule has 0 aromatic carbocycles. The Morgan fingerprint density at radius 3 is 2.59 bits per heavy atom. The number of hydroxylamine groups is 2. The molecule has 0 radical (unpaired) electrons. The lowest BCUT2D eigenvalue weighted by atomic mass is 10.0. The number of amides is 1. The number of piperidine rings is 1. The van der Waals surface area contributed by atoms with Gasteiger partial charge in [0.1, 0.15) is 12.2 Å². The zero-order chi connectivity index (χ0) is 16.3. The Labute approximate surface area is 130 Å². The quantitative estimate of drug-likeness (QED) is 0.540. The van der Waals surface area contributed by atoms with Gasteiger partial charge in [0.25, 0.3) is 5.91 Å². The lowest BCUT2D eigenvalue weighted by Gasteiger charge is -2.36. The minimum absolute atomic E-state index is 0.0620. The molecule has 2 aliphatic heterocycles. The minimum Gasteiger partial charge on any atom is -0.387 e. The third kappa shape index (κ3) is 3.41. The Hall–Kier alpha value is -1.19. The lowest BCUT2D eigenvalue weighted by Crippen LogP contribution is -2.51. The van der Waals surface area contributed by atoms with E-state index in [0.29, 0.717) is 0 Å². The van der Waals surface area contributed by atoms with Crippen molar-refractivity contribution in [1.82, 2.24) is 15.3 Å². The first-order valence-electron chi connectivity index (χ1n) is 7.43. The van der Waals surface area contributed by atoms with E-state index in [-0.39, 0.29) is 6.04 Å². The highest BCUT2D eigenvalue weighted by Gasteiger charge is 2.48. The van der Waals surface area contributed by atoms with E-state index in [1.807, 2.05) is 7.05 Å². The predicted molar refractivity (Wildman–Crippen MR) is 78.4 cm³/mol. The van der Waals surface area contributed by atoms with Crippen LogP contribution in [0.4, 0.5) is 0 Å². The summed E-state index contributed by atoms with van der Waals surface area (Å²) in [7, 11) is 3.45. The maximum Gasteiger partial charge on any atom is 0.278 e. The summed E-state index contributed by atoms with van der Waals surface area (Å²) < 4.78 is 5.42. The van der Waals surface area contributed by atoms with Crippen molar-refractivity contribution < 1.29 is 24.6 Å². The standard InChI is InChI=1S/C14H25N3O5/c1-4-15-13-11(19)10(18)12(22-13)14(20)17(21-3)9-5-7-16(2)8-6-9/h4,9-13,15,18-19H,1,5-8H2,2-3H3/t10-,11+,12-,13+/m0/s1. The minimum atomic E-state index is -1.31. The van der Waals surface area contributed by atoms with Crippen molar-refractivity contribution in [2.24, 2.45) is 0 Å². The Morgan fingerprint density at radius 2 is 2.05 bits per heavy atom. The number of rotatable bonds is 5. The number of nitrogens with one attached hydrogen (secondary N) is 1. The van der Waals surface area contributed by atoms with Crippen LogP contribution in [0, 0.1) is 0 Å². The van der Waals surface area contributed by atoms with Gasteiger partial charge >= 0.3 is 0 Å². The molecule has 0 bridgehead atoms. The van der Waals surface area contributed by atoms with Gasteiger partial charge in [0.05, 0.1) is 13.2 Å². The Bertz CT molecular complexity index is 400. The molecule has 126 valence electrons. The molecule has 2 heterocycles. The molecule has 0 aliphatic carbocycles. The van der Waals surface area contributed by atoms with Crippen molar-refractivity contribution in [3.8, 4) is 0 Å². The molecule has 0 saturated carbocycles. The topological polar surface area (TPSA) is 94.5 Å². The summed E-state index contributed by atoms with van der Waals surface area (Å²) in [5.41, 5.74) is 0. The Morgan fingerprint density at radius 1 is 1.41 bits per heavy atom. The summed E-state index contributed by atoms with van der Waals surface area (Å²) in [4.78, 5) is 20.0. The molecule has 2 fully saturated rings. The number of hydrogen-bond acceptors (Lipinski definition) is 7. The summed E-state index contributed by atoms with van der Waals surface area (Å²) >= 11 is 0. The Kier molecular flexibility index (Phi) is 5.76. The number of likely N-dealkylation sites (tertiary alicyclic amines) is 1. The van der Waals surface area contributed by atoms with E-state index in [2.05, 4.69) is 16.8 Å². The zero-order valence-electron chi connectivity index (χ0n) is 13.0. The molecule has 0 aromatic heterocycles. The normalized spacial score (nSPS) is 33.6. The van der Waals surface area contributed by atoms with E-state index >= 15 is 0 Å². The number of aliphatic hydroxyl groups is 2. The highest BCUT2D eigenvalue weighted by molar-refractivity contribution is 5.81. The molecule has 2 saturated heterocycles. The maximum atomic E-state index is 12.6. The first-order chi connectivity index (χ1) is 10.5. The van der Waals surface area contributed by atoms with Crippen LogP contribution in [0.15, 0.2) is 12.8 Å². The van der Waals surface area contributed by atoms with Gasteiger partial charge in [-0.25, -0.2) is 5.06 Å². The number of nitrogens with zero attached hydrogens (tertiary/aromatic N) is 2. The fraction of sp³-hybridized carbons (Fsp3) is 0.786. The van der Waals surface area contributed by atoms with E-state index in [9.17, 15) is 15.0 Å². The number of carbonyl (C=O) groups is 1. The predicted octanol–water partition coefficient (Wildman–Crippen LogP) is -1.35. The van der Waals surface area contributed by atoms with Crippen LogP contribution in [-0.2, 0) is 14.4 Å². The molecule has 2 aliphatic rings. The first kappa shape index (κ1) is 17.2. The molecule has 1 amide bonds. The van der Waals surface area contributed by atoms with Crippen LogP contribution < -0.4 is 5.32 Å². The van der Waals surface area contributed by atoms with Gasteiger partial charge in [0.2, 0.25) is 0 Å². The van der Waals surface area contributed by atoms with Gasteiger partial charge in [-0.1, -0.05) is 6.58 Å². The molecule has 8 nitrogen and oxygen atoms in total. The van der Waals surface area contributed by atoms with Gasteiger partial charge in [0, 0.05) is 0 Å². The van der Waals surface area contributed by atoms with Gasteiger partial charge in [-0.2, -0.15) is 0 Å². The molecule has 2 rings (SSSR count). The second-order valence-corrected chi connectivity index (χ2v) is 5.71. The second-order valence-electron chi connectivity index (χ2n) is 5.71. The molecule has 3 N–H and O–H groups in total. The smallest absolute Gasteiger partial charge is 0.278 e. The fourth-order valence-corrected chi connectivity index (χ4v) is 2.91. The Balaban J connectivity index is 2.03. The molecule has 0 spiro atoms. The third-order valence-electron chi connectivity index (χ3n) is 4.22. The molecule has 8 heteroatoms. The van der Waals surface area contributed by atoms with E-state index in [1.54, 1.807) is 0 Å². The summed E-state index contributed by atoms with van der Waals surface area (Å²) in [6, 6.07) is -0.0620. The third-order valence-corrected chi connectivity index (χ3v) is 4.22. The highest BCUT2D eigenvalue weighted by atomic mass is 16.7. The molecular weight excluding hydrogens is 290 g/mol. The average Bonchev–Trinajstić information content (AvgIpc) is 2.79. The van der Waals surface area contributed by atoms with E-state index in [4.69, 9.17) is 9.57 Å². The van der Waals surface area contributed by atoms with Gasteiger partial charge in [0.15, 0.2) is 12.3 Å². The molecule has 22 heavy (non-hydrogen) atoms. The van der Waals surface area contributed by atoms with Crippen LogP contribution in [0.2, 0.25) is 0 Å². The molecule has 4 atom stereocenters. The average molecular weight is 315 g/mol. The van der Waals surface area contributed by atoms with Crippen LogP contribution in [0.5, 0.6) is 0 Å². The first-order valence-corrected chi connectivity index (χ1v) is 7.43. The summed E-state index contributed by atoms with van der Waals surface area (Å²) in [6.07, 6.45) is -1.62. The molecule has 0 aromatic rings.